The molecule has 0 bridgehead atoms. The maximum absolute atomic E-state index is 5.71. The van der Waals surface area contributed by atoms with Gasteiger partial charge < -0.3 is 15.5 Å². The first-order valence-electron chi connectivity index (χ1n) is 5.96. The molecule has 0 amide bonds. The van der Waals surface area contributed by atoms with Crippen molar-refractivity contribution in [2.24, 2.45) is 0 Å². The number of hydrogen-bond donors (Lipinski definition) is 2. The van der Waals surface area contributed by atoms with E-state index in [0.717, 1.165) is 16.2 Å². The smallest absolute Gasteiger partial charge is 0.296 e. The minimum Gasteiger partial charge on any atom is -0.423 e. The first-order chi connectivity index (χ1) is 9.11. The van der Waals surface area contributed by atoms with E-state index in [-0.39, 0.29) is 6.04 Å². The number of anilines is 2. The van der Waals surface area contributed by atoms with Crippen LogP contribution in [-0.4, -0.2) is 9.97 Å². The highest BCUT2D eigenvalue weighted by Crippen LogP contribution is 2.25. The molecule has 3 aromatic rings. The largest absolute Gasteiger partial charge is 0.423 e. The molecule has 3 rings (SSSR count). The van der Waals surface area contributed by atoms with E-state index in [1.54, 1.807) is 17.4 Å². The van der Waals surface area contributed by atoms with Gasteiger partial charge in [-0.2, -0.15) is 4.98 Å². The van der Waals surface area contributed by atoms with Gasteiger partial charge in [0.15, 0.2) is 5.58 Å². The minimum absolute atomic E-state index is 0.0594. The Hall–Kier alpha value is -2.08. The number of aromatic nitrogens is 2. The van der Waals surface area contributed by atoms with Gasteiger partial charge in [0.2, 0.25) is 0 Å². The predicted octanol–water partition coefficient (Wildman–Crippen LogP) is 3.35. The van der Waals surface area contributed by atoms with Gasteiger partial charge in [0, 0.05) is 22.8 Å². The molecule has 2 heterocycles. The van der Waals surface area contributed by atoms with Crippen LogP contribution in [-0.2, 0) is 0 Å². The van der Waals surface area contributed by atoms with E-state index in [2.05, 4.69) is 15.3 Å². The molecule has 0 aliphatic rings. The molecular formula is C13H14N4OS. The van der Waals surface area contributed by atoms with Crippen molar-refractivity contribution in [2.75, 3.05) is 11.1 Å². The van der Waals surface area contributed by atoms with Crippen LogP contribution in [0.1, 0.15) is 23.7 Å². The molecule has 0 saturated heterocycles. The van der Waals surface area contributed by atoms with Crippen molar-refractivity contribution in [2.45, 2.75) is 19.9 Å². The minimum atomic E-state index is 0.0594. The van der Waals surface area contributed by atoms with Crippen molar-refractivity contribution < 1.29 is 4.42 Å². The Morgan fingerprint density at radius 2 is 2.21 bits per heavy atom. The standard InChI is InChI=1S/C13H14N4OS/c1-7-6-19-12(15-7)8(2)16-13-17-10-4-3-9(14)5-11(10)18-13/h3-6,8H,14H2,1-2H3,(H,16,17). The second-order valence-electron chi connectivity index (χ2n) is 4.44. The van der Waals surface area contributed by atoms with E-state index < -0.39 is 0 Å². The van der Waals surface area contributed by atoms with Crippen LogP contribution in [0.25, 0.3) is 11.1 Å². The molecule has 2 aromatic heterocycles. The van der Waals surface area contributed by atoms with Gasteiger partial charge in [0.25, 0.3) is 6.01 Å². The monoisotopic (exact) mass is 274 g/mol. The second-order valence-corrected chi connectivity index (χ2v) is 5.33. The lowest BCUT2D eigenvalue weighted by Gasteiger charge is -2.07. The van der Waals surface area contributed by atoms with Gasteiger partial charge in [0.1, 0.15) is 10.5 Å². The number of aryl methyl sites for hydroxylation is 1. The number of fused-ring (bicyclic) bond motifs is 1. The van der Waals surface area contributed by atoms with Crippen molar-refractivity contribution in [1.82, 2.24) is 9.97 Å². The average Bonchev–Trinajstić information content (AvgIpc) is 2.94. The van der Waals surface area contributed by atoms with Crippen molar-refractivity contribution in [3.8, 4) is 0 Å². The Kier molecular flexibility index (Phi) is 2.87. The van der Waals surface area contributed by atoms with E-state index in [9.17, 15) is 0 Å². The fraction of sp³-hybridized carbons (Fsp3) is 0.231. The molecule has 0 radical (unpaired) electrons. The fourth-order valence-corrected chi connectivity index (χ4v) is 2.62. The first kappa shape index (κ1) is 12.0. The third kappa shape index (κ3) is 2.39. The number of nitrogens with zero attached hydrogens (tertiary/aromatic N) is 2. The van der Waals surface area contributed by atoms with Crippen LogP contribution in [0, 0.1) is 6.92 Å². The van der Waals surface area contributed by atoms with Crippen molar-refractivity contribution in [1.29, 1.82) is 0 Å². The molecule has 1 atom stereocenters. The molecule has 0 fully saturated rings. The summed E-state index contributed by atoms with van der Waals surface area (Å²) in [6.45, 7) is 4.01. The number of nitrogens with one attached hydrogen (secondary N) is 1. The quantitative estimate of drug-likeness (QED) is 0.716. The maximum Gasteiger partial charge on any atom is 0.296 e. The summed E-state index contributed by atoms with van der Waals surface area (Å²) >= 11 is 1.62. The highest BCUT2D eigenvalue weighted by atomic mass is 32.1. The van der Waals surface area contributed by atoms with Crippen LogP contribution in [0.4, 0.5) is 11.7 Å². The summed E-state index contributed by atoms with van der Waals surface area (Å²) in [6, 6.07) is 5.97. The summed E-state index contributed by atoms with van der Waals surface area (Å²) in [7, 11) is 0. The van der Waals surface area contributed by atoms with E-state index in [1.165, 1.54) is 0 Å². The van der Waals surface area contributed by atoms with Gasteiger partial charge in [0.05, 0.1) is 6.04 Å². The second kappa shape index (κ2) is 4.55. The van der Waals surface area contributed by atoms with Crippen LogP contribution in [0.15, 0.2) is 28.0 Å². The summed E-state index contributed by atoms with van der Waals surface area (Å²) in [6.07, 6.45) is 0. The van der Waals surface area contributed by atoms with Crippen molar-refractivity contribution >= 4 is 34.1 Å². The molecule has 1 aromatic carbocycles. The predicted molar refractivity (Wildman–Crippen MR) is 77.3 cm³/mol. The molecule has 0 saturated carbocycles. The van der Waals surface area contributed by atoms with Gasteiger partial charge in [-0.25, -0.2) is 4.98 Å². The zero-order valence-electron chi connectivity index (χ0n) is 10.7. The van der Waals surface area contributed by atoms with E-state index in [4.69, 9.17) is 10.2 Å². The van der Waals surface area contributed by atoms with Crippen LogP contribution in [0.5, 0.6) is 0 Å². The number of thiazole rings is 1. The summed E-state index contributed by atoms with van der Waals surface area (Å²) < 4.78 is 5.62. The normalized spacial score (nSPS) is 12.7. The molecule has 19 heavy (non-hydrogen) atoms. The van der Waals surface area contributed by atoms with Gasteiger partial charge in [-0.05, 0) is 26.0 Å². The number of nitrogen functional groups attached to an aromatic ring is 1. The zero-order valence-corrected chi connectivity index (χ0v) is 11.5. The summed E-state index contributed by atoms with van der Waals surface area (Å²) in [4.78, 5) is 8.81. The lowest BCUT2D eigenvalue weighted by molar-refractivity contribution is 0.603. The molecule has 98 valence electrons. The van der Waals surface area contributed by atoms with Crippen molar-refractivity contribution in [3.63, 3.8) is 0 Å². The van der Waals surface area contributed by atoms with Crippen LogP contribution < -0.4 is 11.1 Å². The summed E-state index contributed by atoms with van der Waals surface area (Å²) in [5, 5.41) is 6.25. The lowest BCUT2D eigenvalue weighted by Crippen LogP contribution is -2.06. The molecule has 0 aliphatic carbocycles. The Labute approximate surface area is 114 Å². The Balaban J connectivity index is 1.85. The number of hydrogen-bond acceptors (Lipinski definition) is 6. The first-order valence-corrected chi connectivity index (χ1v) is 6.84. The highest BCUT2D eigenvalue weighted by molar-refractivity contribution is 7.09. The molecule has 6 heteroatoms. The molecule has 0 aliphatic heterocycles. The average molecular weight is 274 g/mol. The number of nitrogens with two attached hydrogens (primary N) is 1. The fourth-order valence-electron chi connectivity index (χ4n) is 1.82. The van der Waals surface area contributed by atoms with E-state index in [0.29, 0.717) is 17.3 Å². The third-order valence-corrected chi connectivity index (χ3v) is 3.90. The van der Waals surface area contributed by atoms with Crippen LogP contribution >= 0.6 is 11.3 Å². The Bertz CT molecular complexity index is 718. The zero-order chi connectivity index (χ0) is 13.4. The molecule has 1 unspecified atom stereocenters. The number of benzene rings is 1. The van der Waals surface area contributed by atoms with Gasteiger partial charge in [-0.3, -0.25) is 0 Å². The molecule has 0 spiro atoms. The molecule has 3 N–H and O–H groups in total. The summed E-state index contributed by atoms with van der Waals surface area (Å²) in [5.41, 5.74) is 8.88. The van der Waals surface area contributed by atoms with Crippen molar-refractivity contribution in [3.05, 3.63) is 34.3 Å². The highest BCUT2D eigenvalue weighted by Gasteiger charge is 2.13. The van der Waals surface area contributed by atoms with Gasteiger partial charge in [-0.1, -0.05) is 0 Å². The van der Waals surface area contributed by atoms with Crippen LogP contribution in [0.3, 0.4) is 0 Å². The Morgan fingerprint density at radius 1 is 1.37 bits per heavy atom. The topological polar surface area (TPSA) is 77.0 Å². The number of oxazole rings is 1. The van der Waals surface area contributed by atoms with Gasteiger partial charge in [-0.15, -0.1) is 11.3 Å². The third-order valence-electron chi connectivity index (χ3n) is 2.76. The number of rotatable bonds is 3. The summed E-state index contributed by atoms with van der Waals surface area (Å²) in [5.74, 6) is 0. The Morgan fingerprint density at radius 3 is 2.95 bits per heavy atom. The van der Waals surface area contributed by atoms with E-state index in [1.807, 2.05) is 31.4 Å². The molecular weight excluding hydrogens is 260 g/mol. The lowest BCUT2D eigenvalue weighted by atomic mass is 10.3. The maximum atomic E-state index is 5.71. The van der Waals surface area contributed by atoms with Crippen LogP contribution in [0.2, 0.25) is 0 Å². The molecule has 5 nitrogen and oxygen atoms in total. The van der Waals surface area contributed by atoms with E-state index >= 15 is 0 Å². The SMILES string of the molecule is Cc1csc(C(C)Nc2nc3ccc(N)cc3o2)n1. The van der Waals surface area contributed by atoms with Gasteiger partial charge >= 0.3 is 0 Å².